The lowest BCUT2D eigenvalue weighted by molar-refractivity contribution is -0.155. The molecular weight excluding hydrogens is 325 g/mol. The number of hydrogen-bond donors (Lipinski definition) is 1. The second-order valence-corrected chi connectivity index (χ2v) is 6.49. The number of carboxylic acids is 1. The van der Waals surface area contributed by atoms with Crippen molar-refractivity contribution in [1.29, 1.82) is 0 Å². The number of benzene rings is 1. The Morgan fingerprint density at radius 1 is 1.50 bits per heavy atom. The normalized spacial score (nSPS) is 25.4. The molecule has 0 aromatic heterocycles. The Bertz CT molecular complexity index is 523. The van der Waals surface area contributed by atoms with Gasteiger partial charge in [-0.1, -0.05) is 15.9 Å². The van der Waals surface area contributed by atoms with Gasteiger partial charge >= 0.3 is 5.97 Å². The van der Waals surface area contributed by atoms with Crippen molar-refractivity contribution in [2.45, 2.75) is 44.7 Å². The maximum Gasteiger partial charge on any atom is 0.323 e. The molecule has 5 heteroatoms. The molecule has 1 aliphatic rings. The molecule has 1 heterocycles. The summed E-state index contributed by atoms with van der Waals surface area (Å²) in [7, 11) is 0. The number of halogens is 2. The molecule has 2 atom stereocenters. The Hall–Kier alpha value is -0.940. The first kappa shape index (κ1) is 15.4. The van der Waals surface area contributed by atoms with E-state index >= 15 is 0 Å². The van der Waals surface area contributed by atoms with E-state index in [-0.39, 0.29) is 11.9 Å². The molecule has 20 heavy (non-hydrogen) atoms. The number of hydrogen-bond acceptors (Lipinski definition) is 2. The minimum Gasteiger partial charge on any atom is -0.480 e. The lowest BCUT2D eigenvalue weighted by Crippen LogP contribution is -2.55. The van der Waals surface area contributed by atoms with E-state index in [1.807, 2.05) is 11.8 Å². The summed E-state index contributed by atoms with van der Waals surface area (Å²) >= 11 is 3.34. The summed E-state index contributed by atoms with van der Waals surface area (Å²) in [6, 6.07) is 4.53. The standard InChI is InChI=1S/C15H19BrFNO2/c1-10(12-9-11(16)5-6-13(12)17)18-8-4-3-7-15(18,2)14(19)20/h5-6,9-10H,3-4,7-8H2,1-2H3,(H,19,20). The van der Waals surface area contributed by atoms with Crippen LogP contribution in [0.15, 0.2) is 22.7 Å². The Balaban J connectivity index is 2.37. The van der Waals surface area contributed by atoms with Gasteiger partial charge in [0.25, 0.3) is 0 Å². The predicted octanol–water partition coefficient (Wildman–Crippen LogP) is 3.98. The molecule has 0 spiro atoms. The fraction of sp³-hybridized carbons (Fsp3) is 0.533. The molecule has 1 N–H and O–H groups in total. The minimum absolute atomic E-state index is 0.270. The van der Waals surface area contributed by atoms with Crippen LogP contribution in [0.4, 0.5) is 4.39 Å². The first-order valence-electron chi connectivity index (χ1n) is 6.81. The second-order valence-electron chi connectivity index (χ2n) is 5.57. The Morgan fingerprint density at radius 2 is 2.20 bits per heavy atom. The fourth-order valence-electron chi connectivity index (χ4n) is 3.00. The van der Waals surface area contributed by atoms with Gasteiger partial charge in [0.05, 0.1) is 0 Å². The molecule has 110 valence electrons. The number of likely N-dealkylation sites (tertiary alicyclic amines) is 1. The molecule has 3 nitrogen and oxygen atoms in total. The van der Waals surface area contributed by atoms with Crippen LogP contribution in [-0.4, -0.2) is 28.1 Å². The van der Waals surface area contributed by atoms with Crippen LogP contribution in [0.3, 0.4) is 0 Å². The van der Waals surface area contributed by atoms with Crippen LogP contribution in [0.25, 0.3) is 0 Å². The van der Waals surface area contributed by atoms with Gasteiger partial charge in [-0.15, -0.1) is 0 Å². The van der Waals surface area contributed by atoms with Crippen LogP contribution in [-0.2, 0) is 4.79 Å². The van der Waals surface area contributed by atoms with Crippen LogP contribution in [0.2, 0.25) is 0 Å². The monoisotopic (exact) mass is 343 g/mol. The molecule has 1 saturated heterocycles. The van der Waals surface area contributed by atoms with E-state index in [1.165, 1.54) is 6.07 Å². The molecule has 0 radical (unpaired) electrons. The van der Waals surface area contributed by atoms with Gasteiger partial charge in [0.15, 0.2) is 0 Å². The van der Waals surface area contributed by atoms with Crippen molar-refractivity contribution in [3.8, 4) is 0 Å². The molecule has 0 saturated carbocycles. The van der Waals surface area contributed by atoms with E-state index in [4.69, 9.17) is 0 Å². The van der Waals surface area contributed by atoms with E-state index in [9.17, 15) is 14.3 Å². The lowest BCUT2D eigenvalue weighted by atomic mass is 9.86. The van der Waals surface area contributed by atoms with Crippen molar-refractivity contribution in [2.24, 2.45) is 0 Å². The zero-order chi connectivity index (χ0) is 14.9. The number of carbonyl (C=O) groups is 1. The van der Waals surface area contributed by atoms with Crippen molar-refractivity contribution >= 4 is 21.9 Å². The second kappa shape index (κ2) is 5.82. The SMILES string of the molecule is CC(c1cc(Br)ccc1F)N1CCCCC1(C)C(=O)O. The molecule has 1 aliphatic heterocycles. The van der Waals surface area contributed by atoms with Crippen molar-refractivity contribution in [1.82, 2.24) is 4.90 Å². The van der Waals surface area contributed by atoms with Crippen LogP contribution in [0.1, 0.15) is 44.7 Å². The number of piperidine rings is 1. The van der Waals surface area contributed by atoms with Gasteiger partial charge in [0.1, 0.15) is 11.4 Å². The average molecular weight is 344 g/mol. The minimum atomic E-state index is -0.924. The topological polar surface area (TPSA) is 40.5 Å². The summed E-state index contributed by atoms with van der Waals surface area (Å²) in [4.78, 5) is 13.5. The Labute approximate surface area is 126 Å². The molecule has 0 aliphatic carbocycles. The molecule has 2 unspecified atom stereocenters. The van der Waals surface area contributed by atoms with Crippen LogP contribution >= 0.6 is 15.9 Å². The molecule has 1 aromatic carbocycles. The third-order valence-electron chi connectivity index (χ3n) is 4.28. The Morgan fingerprint density at radius 3 is 2.85 bits per heavy atom. The lowest BCUT2D eigenvalue weighted by Gasteiger charge is -2.45. The highest BCUT2D eigenvalue weighted by Crippen LogP contribution is 2.37. The first-order valence-corrected chi connectivity index (χ1v) is 7.60. The zero-order valence-corrected chi connectivity index (χ0v) is 13.3. The van der Waals surface area contributed by atoms with Crippen molar-refractivity contribution in [2.75, 3.05) is 6.54 Å². The van der Waals surface area contributed by atoms with E-state index in [2.05, 4.69) is 15.9 Å². The molecule has 1 aromatic rings. The average Bonchev–Trinajstić information content (AvgIpc) is 2.41. The van der Waals surface area contributed by atoms with Gasteiger partial charge in [0.2, 0.25) is 0 Å². The van der Waals surface area contributed by atoms with Crippen molar-refractivity contribution in [3.63, 3.8) is 0 Å². The van der Waals surface area contributed by atoms with Gasteiger partial charge in [-0.05, 0) is 57.9 Å². The summed E-state index contributed by atoms with van der Waals surface area (Å²) in [5.74, 6) is -1.13. The molecular formula is C15H19BrFNO2. The zero-order valence-electron chi connectivity index (χ0n) is 11.7. The summed E-state index contributed by atoms with van der Waals surface area (Å²) < 4.78 is 14.8. The number of aliphatic carboxylic acids is 1. The number of rotatable bonds is 3. The quantitative estimate of drug-likeness (QED) is 0.902. The van der Waals surface area contributed by atoms with Crippen LogP contribution in [0.5, 0.6) is 0 Å². The summed E-state index contributed by atoms with van der Waals surface area (Å²) in [5, 5.41) is 9.54. The highest BCUT2D eigenvalue weighted by atomic mass is 79.9. The third kappa shape index (κ3) is 2.74. The molecule has 0 amide bonds. The largest absolute Gasteiger partial charge is 0.480 e. The smallest absolute Gasteiger partial charge is 0.323 e. The van der Waals surface area contributed by atoms with Gasteiger partial charge in [0, 0.05) is 16.1 Å². The van der Waals surface area contributed by atoms with E-state index in [1.54, 1.807) is 19.1 Å². The fourth-order valence-corrected chi connectivity index (χ4v) is 3.37. The van der Waals surface area contributed by atoms with Crippen LogP contribution < -0.4 is 0 Å². The van der Waals surface area contributed by atoms with Gasteiger partial charge in [-0.3, -0.25) is 9.69 Å². The Kier molecular flexibility index (Phi) is 4.49. The maximum atomic E-state index is 14.0. The first-order chi connectivity index (χ1) is 9.36. The molecule has 1 fully saturated rings. The van der Waals surface area contributed by atoms with E-state index in [0.29, 0.717) is 18.5 Å². The predicted molar refractivity (Wildman–Crippen MR) is 79.1 cm³/mol. The van der Waals surface area contributed by atoms with E-state index in [0.717, 1.165) is 17.3 Å². The van der Waals surface area contributed by atoms with Crippen molar-refractivity contribution in [3.05, 3.63) is 34.1 Å². The highest BCUT2D eigenvalue weighted by Gasteiger charge is 2.44. The summed E-state index contributed by atoms with van der Waals surface area (Å²) in [6.07, 6.45) is 2.44. The molecule has 0 bridgehead atoms. The summed E-state index contributed by atoms with van der Waals surface area (Å²) in [5.41, 5.74) is -0.388. The molecule has 2 rings (SSSR count). The van der Waals surface area contributed by atoms with E-state index < -0.39 is 11.5 Å². The van der Waals surface area contributed by atoms with Crippen molar-refractivity contribution < 1.29 is 14.3 Å². The number of carboxylic acid groups (broad SMARTS) is 1. The number of nitrogens with zero attached hydrogens (tertiary/aromatic N) is 1. The highest BCUT2D eigenvalue weighted by molar-refractivity contribution is 9.10. The maximum absolute atomic E-state index is 14.0. The van der Waals surface area contributed by atoms with Crippen LogP contribution in [0, 0.1) is 5.82 Å². The van der Waals surface area contributed by atoms with Gasteiger partial charge < -0.3 is 5.11 Å². The van der Waals surface area contributed by atoms with Gasteiger partial charge in [-0.2, -0.15) is 0 Å². The summed E-state index contributed by atoms with van der Waals surface area (Å²) in [6.45, 7) is 4.29. The third-order valence-corrected chi connectivity index (χ3v) is 4.78. The van der Waals surface area contributed by atoms with Gasteiger partial charge in [-0.25, -0.2) is 4.39 Å².